The Morgan fingerprint density at radius 3 is 2.78 bits per heavy atom. The first-order valence-electron chi connectivity index (χ1n) is 5.75. The second-order valence-corrected chi connectivity index (χ2v) is 4.61. The fourth-order valence-electron chi connectivity index (χ4n) is 2.12. The molecular formula is C12H20BN3O2. The van der Waals surface area contributed by atoms with Crippen molar-refractivity contribution in [1.29, 1.82) is 0 Å². The quantitative estimate of drug-likeness (QED) is 0.438. The van der Waals surface area contributed by atoms with Gasteiger partial charge < -0.3 is 9.80 Å². The van der Waals surface area contributed by atoms with Crippen molar-refractivity contribution in [1.82, 2.24) is 4.90 Å². The zero-order valence-electron chi connectivity index (χ0n) is 10.2. The highest BCUT2D eigenvalue weighted by Gasteiger charge is 2.21. The van der Waals surface area contributed by atoms with E-state index in [0.717, 1.165) is 37.3 Å². The molecule has 0 aromatic heterocycles. The van der Waals surface area contributed by atoms with E-state index in [-0.39, 0.29) is 19.0 Å². The van der Waals surface area contributed by atoms with E-state index in [1.807, 2.05) is 20.2 Å². The lowest BCUT2D eigenvalue weighted by Crippen LogP contribution is -2.30. The number of nitrogens with zero attached hydrogens (tertiary/aromatic N) is 3. The zero-order valence-corrected chi connectivity index (χ0v) is 10.2. The molecule has 0 saturated heterocycles. The van der Waals surface area contributed by atoms with Gasteiger partial charge in [-0.15, -0.1) is 0 Å². The van der Waals surface area contributed by atoms with Gasteiger partial charge in [0.2, 0.25) is 0 Å². The van der Waals surface area contributed by atoms with E-state index in [9.17, 15) is 10.1 Å². The molecule has 0 fully saturated rings. The molecule has 1 aromatic carbocycles. The van der Waals surface area contributed by atoms with Crippen molar-refractivity contribution in [3.63, 3.8) is 0 Å². The SMILES string of the molecule is B.CN(C)CCN1CCc2cc([N+](=O)[O-])ccc21. The van der Waals surface area contributed by atoms with Crippen molar-refractivity contribution >= 4 is 19.8 Å². The van der Waals surface area contributed by atoms with Crippen LogP contribution in [0.5, 0.6) is 0 Å². The number of hydrogen-bond acceptors (Lipinski definition) is 4. The second-order valence-electron chi connectivity index (χ2n) is 4.61. The number of anilines is 1. The normalized spacial score (nSPS) is 13.4. The van der Waals surface area contributed by atoms with Crippen molar-refractivity contribution < 1.29 is 4.92 Å². The van der Waals surface area contributed by atoms with Gasteiger partial charge in [-0.3, -0.25) is 10.1 Å². The predicted octanol–water partition coefficient (Wildman–Crippen LogP) is 0.335. The molecule has 1 heterocycles. The van der Waals surface area contributed by atoms with E-state index in [1.165, 1.54) is 0 Å². The standard InChI is InChI=1S/C12H17N3O2.BH3/c1-13(2)7-8-14-6-5-10-9-11(15(16)17)3-4-12(10)14;/h3-4,9H,5-8H2,1-2H3;1H3. The van der Waals surface area contributed by atoms with Gasteiger partial charge in [-0.2, -0.15) is 0 Å². The summed E-state index contributed by atoms with van der Waals surface area (Å²) in [6.45, 7) is 2.93. The molecule has 0 saturated carbocycles. The molecule has 1 aliphatic rings. The molecule has 18 heavy (non-hydrogen) atoms. The number of nitro benzene ring substituents is 1. The molecule has 0 unspecified atom stereocenters. The van der Waals surface area contributed by atoms with Crippen LogP contribution < -0.4 is 4.90 Å². The number of hydrogen-bond donors (Lipinski definition) is 0. The third-order valence-electron chi connectivity index (χ3n) is 3.08. The summed E-state index contributed by atoms with van der Waals surface area (Å²) in [6, 6.07) is 5.16. The lowest BCUT2D eigenvalue weighted by molar-refractivity contribution is -0.384. The van der Waals surface area contributed by atoms with E-state index in [4.69, 9.17) is 0 Å². The number of non-ortho nitro benzene ring substituents is 1. The van der Waals surface area contributed by atoms with Gasteiger partial charge in [0.05, 0.1) is 13.3 Å². The Bertz CT molecular complexity index is 437. The van der Waals surface area contributed by atoms with Gasteiger partial charge in [0.15, 0.2) is 0 Å². The Labute approximate surface area is 109 Å². The van der Waals surface area contributed by atoms with Crippen molar-refractivity contribution in [3.05, 3.63) is 33.9 Å². The molecule has 1 aromatic rings. The van der Waals surface area contributed by atoms with E-state index in [1.54, 1.807) is 12.1 Å². The van der Waals surface area contributed by atoms with Crippen LogP contribution in [0, 0.1) is 10.1 Å². The molecule has 2 rings (SSSR count). The molecule has 5 nitrogen and oxygen atoms in total. The lowest BCUT2D eigenvalue weighted by Gasteiger charge is -2.21. The number of fused-ring (bicyclic) bond motifs is 1. The summed E-state index contributed by atoms with van der Waals surface area (Å²) in [6.07, 6.45) is 0.907. The Balaban J connectivity index is 0.00000162. The first kappa shape index (κ1) is 14.5. The summed E-state index contributed by atoms with van der Waals surface area (Å²) in [5.41, 5.74) is 2.44. The van der Waals surface area contributed by atoms with E-state index in [2.05, 4.69) is 9.80 Å². The van der Waals surface area contributed by atoms with Crippen LogP contribution in [0.25, 0.3) is 0 Å². The molecule has 0 N–H and O–H groups in total. The van der Waals surface area contributed by atoms with E-state index in [0.29, 0.717) is 0 Å². The molecule has 6 heteroatoms. The van der Waals surface area contributed by atoms with E-state index < -0.39 is 0 Å². The van der Waals surface area contributed by atoms with Crippen molar-refractivity contribution in [2.24, 2.45) is 0 Å². The monoisotopic (exact) mass is 249 g/mol. The molecule has 0 bridgehead atoms. The van der Waals surface area contributed by atoms with Crippen LogP contribution >= 0.6 is 0 Å². The highest BCUT2D eigenvalue weighted by atomic mass is 16.6. The Morgan fingerprint density at radius 1 is 1.44 bits per heavy atom. The fourth-order valence-corrected chi connectivity index (χ4v) is 2.12. The molecule has 0 aliphatic carbocycles. The smallest absolute Gasteiger partial charge is 0.269 e. The minimum absolute atomic E-state index is 0. The third-order valence-corrected chi connectivity index (χ3v) is 3.08. The van der Waals surface area contributed by atoms with E-state index >= 15 is 0 Å². The summed E-state index contributed by atoms with van der Waals surface area (Å²) < 4.78 is 0. The number of nitro groups is 1. The molecule has 0 atom stereocenters. The predicted molar refractivity (Wildman–Crippen MR) is 77.5 cm³/mol. The van der Waals surface area contributed by atoms with Gasteiger partial charge >= 0.3 is 0 Å². The van der Waals surface area contributed by atoms with Crippen LogP contribution in [-0.4, -0.2) is 52.0 Å². The molecule has 0 radical (unpaired) electrons. The highest BCUT2D eigenvalue weighted by Crippen LogP contribution is 2.30. The average molecular weight is 249 g/mol. The largest absolute Gasteiger partial charge is 0.370 e. The maximum atomic E-state index is 10.7. The van der Waals surface area contributed by atoms with Gasteiger partial charge in [0.25, 0.3) is 5.69 Å². The molecular weight excluding hydrogens is 229 g/mol. The van der Waals surface area contributed by atoms with Crippen LogP contribution in [0.4, 0.5) is 11.4 Å². The number of likely N-dealkylation sites (N-methyl/N-ethyl adjacent to an activating group) is 1. The van der Waals surface area contributed by atoms with Crippen LogP contribution in [0.2, 0.25) is 0 Å². The van der Waals surface area contributed by atoms with Crippen LogP contribution in [-0.2, 0) is 6.42 Å². The van der Waals surface area contributed by atoms with Gasteiger partial charge in [0, 0.05) is 37.5 Å². The minimum Gasteiger partial charge on any atom is -0.370 e. The first-order chi connectivity index (χ1) is 8.08. The van der Waals surface area contributed by atoms with Crippen LogP contribution in [0.1, 0.15) is 5.56 Å². The molecule has 0 amide bonds. The molecule has 1 aliphatic heterocycles. The first-order valence-corrected chi connectivity index (χ1v) is 5.75. The third kappa shape index (κ3) is 3.01. The van der Waals surface area contributed by atoms with Crippen LogP contribution in [0.15, 0.2) is 18.2 Å². The number of rotatable bonds is 4. The summed E-state index contributed by atoms with van der Waals surface area (Å²) in [5.74, 6) is 0. The molecule has 0 spiro atoms. The number of benzene rings is 1. The minimum atomic E-state index is -0.331. The average Bonchev–Trinajstić information content (AvgIpc) is 2.68. The lowest BCUT2D eigenvalue weighted by atomic mass is 10.1. The van der Waals surface area contributed by atoms with Gasteiger partial charge in [0.1, 0.15) is 0 Å². The summed E-state index contributed by atoms with van der Waals surface area (Å²) in [4.78, 5) is 14.8. The van der Waals surface area contributed by atoms with Crippen molar-refractivity contribution in [3.8, 4) is 0 Å². The molecule has 98 valence electrons. The van der Waals surface area contributed by atoms with Gasteiger partial charge in [-0.05, 0) is 32.1 Å². The van der Waals surface area contributed by atoms with Gasteiger partial charge in [-0.25, -0.2) is 0 Å². The highest BCUT2D eigenvalue weighted by molar-refractivity contribution is 5.75. The summed E-state index contributed by atoms with van der Waals surface area (Å²) in [5, 5.41) is 10.7. The second kappa shape index (κ2) is 5.86. The fraction of sp³-hybridized carbons (Fsp3) is 0.500. The van der Waals surface area contributed by atoms with Crippen LogP contribution in [0.3, 0.4) is 0 Å². The maximum absolute atomic E-state index is 10.7. The Morgan fingerprint density at radius 2 is 2.17 bits per heavy atom. The Hall–Kier alpha value is -1.56. The summed E-state index contributed by atoms with van der Waals surface area (Å²) >= 11 is 0. The topological polar surface area (TPSA) is 49.6 Å². The maximum Gasteiger partial charge on any atom is 0.269 e. The zero-order chi connectivity index (χ0) is 12.4. The Kier molecular flexibility index (Phi) is 4.72. The van der Waals surface area contributed by atoms with Crippen molar-refractivity contribution in [2.45, 2.75) is 6.42 Å². The van der Waals surface area contributed by atoms with Crippen molar-refractivity contribution in [2.75, 3.05) is 38.6 Å². The summed E-state index contributed by atoms with van der Waals surface area (Å²) in [7, 11) is 4.10. The van der Waals surface area contributed by atoms with Gasteiger partial charge in [-0.1, -0.05) is 0 Å².